The summed E-state index contributed by atoms with van der Waals surface area (Å²) in [7, 11) is 1.56. The Kier molecular flexibility index (Phi) is 6.46. The lowest BCUT2D eigenvalue weighted by Crippen LogP contribution is -2.37. The van der Waals surface area contributed by atoms with Crippen molar-refractivity contribution in [3.63, 3.8) is 0 Å². The van der Waals surface area contributed by atoms with Crippen LogP contribution in [0.5, 0.6) is 0 Å². The van der Waals surface area contributed by atoms with Gasteiger partial charge in [-0.2, -0.15) is 5.10 Å². The Balaban J connectivity index is 1.75. The summed E-state index contributed by atoms with van der Waals surface area (Å²) in [6, 6.07) is 10.1. The number of benzene rings is 1. The minimum Gasteiger partial charge on any atom is -0.375 e. The first-order chi connectivity index (χ1) is 15.1. The molecule has 164 valence electrons. The largest absolute Gasteiger partial charge is 0.375 e. The van der Waals surface area contributed by atoms with Crippen molar-refractivity contribution >= 4 is 22.8 Å². The fourth-order valence-corrected chi connectivity index (χ4v) is 4.11. The molecule has 0 unspecified atom stereocenters. The molecule has 1 aliphatic rings. The number of hydrogen-bond acceptors (Lipinski definition) is 6. The molecule has 3 heterocycles. The number of methoxy groups -OCH3 is 1. The minimum absolute atomic E-state index is 0.0388. The fraction of sp³-hybridized carbons (Fsp3) is 0.478. The van der Waals surface area contributed by atoms with E-state index in [4.69, 9.17) is 19.8 Å². The number of nitrogens with zero attached hydrogens (tertiary/aromatic N) is 6. The molecule has 0 saturated carbocycles. The zero-order valence-corrected chi connectivity index (χ0v) is 18.5. The first kappa shape index (κ1) is 21.2. The number of carbonyl (C=O) groups is 1. The molecule has 8 nitrogen and oxygen atoms in total. The molecular formula is C23H30N6O2. The number of fused-ring (bicyclic) bond motifs is 1. The molecule has 2 aromatic heterocycles. The van der Waals surface area contributed by atoms with Gasteiger partial charge < -0.3 is 14.5 Å². The average Bonchev–Trinajstić information content (AvgIpc) is 2.95. The first-order valence-corrected chi connectivity index (χ1v) is 11.0. The summed E-state index contributed by atoms with van der Waals surface area (Å²) in [6.07, 6.45) is 2.67. The number of hydrogen-bond donors (Lipinski definition) is 0. The molecule has 0 aliphatic carbocycles. The molecule has 4 rings (SSSR count). The molecule has 0 spiro atoms. The maximum Gasteiger partial charge on any atom is 0.248 e. The van der Waals surface area contributed by atoms with Crippen molar-refractivity contribution in [2.24, 2.45) is 0 Å². The molecule has 0 N–H and O–H groups in total. The smallest absolute Gasteiger partial charge is 0.248 e. The van der Waals surface area contributed by atoms with E-state index in [-0.39, 0.29) is 12.5 Å². The third-order valence-corrected chi connectivity index (χ3v) is 5.62. The van der Waals surface area contributed by atoms with Gasteiger partial charge >= 0.3 is 0 Å². The summed E-state index contributed by atoms with van der Waals surface area (Å²) in [5, 5.41) is 5.80. The molecule has 8 heteroatoms. The van der Waals surface area contributed by atoms with Gasteiger partial charge in [-0.1, -0.05) is 25.1 Å². The second kappa shape index (κ2) is 9.43. The van der Waals surface area contributed by atoms with Gasteiger partial charge in [-0.05, 0) is 31.9 Å². The molecule has 0 atom stereocenters. The Morgan fingerprint density at radius 1 is 1.10 bits per heavy atom. The van der Waals surface area contributed by atoms with E-state index >= 15 is 0 Å². The van der Waals surface area contributed by atoms with Crippen LogP contribution in [0.15, 0.2) is 30.3 Å². The molecule has 1 amide bonds. The predicted octanol–water partition coefficient (Wildman–Crippen LogP) is 2.76. The van der Waals surface area contributed by atoms with E-state index in [0.29, 0.717) is 6.54 Å². The van der Waals surface area contributed by atoms with Gasteiger partial charge in [0, 0.05) is 39.7 Å². The highest BCUT2D eigenvalue weighted by Crippen LogP contribution is 2.30. The molecule has 1 saturated heterocycles. The van der Waals surface area contributed by atoms with Crippen LogP contribution < -0.4 is 4.90 Å². The van der Waals surface area contributed by atoms with Crippen LogP contribution in [0.25, 0.3) is 16.7 Å². The van der Waals surface area contributed by atoms with Crippen LogP contribution in [0.1, 0.15) is 31.3 Å². The van der Waals surface area contributed by atoms with E-state index in [1.807, 2.05) is 46.8 Å². The number of anilines is 1. The number of para-hydroxylation sites is 1. The zero-order chi connectivity index (χ0) is 21.8. The van der Waals surface area contributed by atoms with E-state index in [2.05, 4.69) is 11.8 Å². The van der Waals surface area contributed by atoms with Gasteiger partial charge in [0.05, 0.1) is 16.8 Å². The van der Waals surface area contributed by atoms with E-state index < -0.39 is 0 Å². The summed E-state index contributed by atoms with van der Waals surface area (Å²) >= 11 is 0. The Morgan fingerprint density at radius 2 is 1.90 bits per heavy atom. The lowest BCUT2D eigenvalue weighted by atomic mass is 10.2. The van der Waals surface area contributed by atoms with Crippen molar-refractivity contribution in [3.8, 4) is 5.69 Å². The van der Waals surface area contributed by atoms with E-state index in [9.17, 15) is 4.79 Å². The first-order valence-electron chi connectivity index (χ1n) is 11.0. The van der Waals surface area contributed by atoms with Crippen LogP contribution in [0.2, 0.25) is 0 Å². The molecule has 31 heavy (non-hydrogen) atoms. The molecule has 1 aliphatic heterocycles. The topological polar surface area (TPSA) is 76.4 Å². The van der Waals surface area contributed by atoms with E-state index in [1.165, 1.54) is 0 Å². The second-order valence-corrected chi connectivity index (χ2v) is 7.90. The van der Waals surface area contributed by atoms with Gasteiger partial charge in [0.1, 0.15) is 18.2 Å². The predicted molar refractivity (Wildman–Crippen MR) is 121 cm³/mol. The number of aromatic nitrogens is 4. The number of ether oxygens (including phenoxy) is 1. The maximum atomic E-state index is 12.3. The van der Waals surface area contributed by atoms with E-state index in [1.54, 1.807) is 7.11 Å². The third-order valence-electron chi connectivity index (χ3n) is 5.62. The number of carbonyl (C=O) groups excluding carboxylic acids is 1. The van der Waals surface area contributed by atoms with Gasteiger partial charge in [0.15, 0.2) is 5.65 Å². The standard InChI is InChI=1S/C23H30N6O2/c1-4-9-19-24-22(28-13-8-12-27(14-15-28)20(30)16-31-3)21-17(2)26-29(23(21)25-19)18-10-6-5-7-11-18/h5-7,10-11H,4,8-9,12-16H2,1-3H3. The highest BCUT2D eigenvalue weighted by molar-refractivity contribution is 5.91. The van der Waals surface area contributed by atoms with Crippen molar-refractivity contribution < 1.29 is 9.53 Å². The van der Waals surface area contributed by atoms with Gasteiger partial charge in [0.25, 0.3) is 0 Å². The van der Waals surface area contributed by atoms with Crippen molar-refractivity contribution in [1.82, 2.24) is 24.6 Å². The van der Waals surface area contributed by atoms with Gasteiger partial charge in [0.2, 0.25) is 5.91 Å². The zero-order valence-electron chi connectivity index (χ0n) is 18.5. The Hall–Kier alpha value is -3.00. The molecule has 1 aromatic carbocycles. The average molecular weight is 423 g/mol. The molecule has 0 radical (unpaired) electrons. The fourth-order valence-electron chi connectivity index (χ4n) is 4.11. The van der Waals surface area contributed by atoms with Crippen LogP contribution in [0.4, 0.5) is 5.82 Å². The second-order valence-electron chi connectivity index (χ2n) is 7.90. The summed E-state index contributed by atoms with van der Waals surface area (Å²) in [6.45, 7) is 7.23. The van der Waals surface area contributed by atoms with Crippen molar-refractivity contribution in [1.29, 1.82) is 0 Å². The maximum absolute atomic E-state index is 12.3. The highest BCUT2D eigenvalue weighted by Gasteiger charge is 2.24. The quantitative estimate of drug-likeness (QED) is 0.608. The lowest BCUT2D eigenvalue weighted by molar-refractivity contribution is -0.134. The molecule has 0 bridgehead atoms. The van der Waals surface area contributed by atoms with Gasteiger partial charge in [-0.3, -0.25) is 4.79 Å². The molecule has 1 fully saturated rings. The van der Waals surface area contributed by atoms with Crippen LogP contribution in [-0.4, -0.2) is 70.5 Å². The highest BCUT2D eigenvalue weighted by atomic mass is 16.5. The van der Waals surface area contributed by atoms with Crippen LogP contribution >= 0.6 is 0 Å². The van der Waals surface area contributed by atoms with Crippen LogP contribution in [-0.2, 0) is 16.0 Å². The lowest BCUT2D eigenvalue weighted by Gasteiger charge is -2.24. The molecule has 3 aromatic rings. The Morgan fingerprint density at radius 3 is 2.65 bits per heavy atom. The summed E-state index contributed by atoms with van der Waals surface area (Å²) in [4.78, 5) is 26.3. The summed E-state index contributed by atoms with van der Waals surface area (Å²) < 4.78 is 6.95. The van der Waals surface area contributed by atoms with E-state index in [0.717, 1.165) is 73.0 Å². The van der Waals surface area contributed by atoms with Crippen molar-refractivity contribution in [2.45, 2.75) is 33.1 Å². The number of aryl methyl sites for hydroxylation is 2. The van der Waals surface area contributed by atoms with Gasteiger partial charge in [-0.15, -0.1) is 0 Å². The summed E-state index contributed by atoms with van der Waals surface area (Å²) in [5.41, 5.74) is 2.74. The van der Waals surface area contributed by atoms with Crippen LogP contribution in [0, 0.1) is 6.92 Å². The number of rotatable bonds is 6. The normalized spacial score (nSPS) is 14.8. The number of amides is 1. The summed E-state index contributed by atoms with van der Waals surface area (Å²) in [5.74, 6) is 1.80. The third kappa shape index (κ3) is 4.39. The molecular weight excluding hydrogens is 392 g/mol. The Labute approximate surface area is 182 Å². The van der Waals surface area contributed by atoms with Crippen LogP contribution in [0.3, 0.4) is 0 Å². The minimum atomic E-state index is 0.0388. The Bertz CT molecular complexity index is 1050. The SMILES string of the molecule is CCCc1nc(N2CCCN(C(=O)COC)CC2)c2c(C)nn(-c3ccccc3)c2n1. The monoisotopic (exact) mass is 422 g/mol. The van der Waals surface area contributed by atoms with Crippen molar-refractivity contribution in [3.05, 3.63) is 41.9 Å². The van der Waals surface area contributed by atoms with Crippen molar-refractivity contribution in [2.75, 3.05) is 44.8 Å². The van der Waals surface area contributed by atoms with Gasteiger partial charge in [-0.25, -0.2) is 14.6 Å².